The smallest absolute Gasteiger partial charge is 0.267 e. The Bertz CT molecular complexity index is 797. The number of hydrogen-bond donors (Lipinski definition) is 2. The standard InChI is InChI=1S/C18H16ClN3O2/c1-24-17-9-5-2-6-13(17)11-21-12-14(10-20)18(23)22-16-8-4-3-7-15(16)19/h2-9,12,21H,11H2,1H3,(H,22,23)/b14-12-. The van der Waals surface area contributed by atoms with Crippen LogP contribution in [0.2, 0.25) is 5.02 Å². The summed E-state index contributed by atoms with van der Waals surface area (Å²) in [5.41, 5.74) is 1.32. The minimum atomic E-state index is -0.530. The van der Waals surface area contributed by atoms with Gasteiger partial charge in [-0.3, -0.25) is 4.79 Å². The molecule has 0 spiro atoms. The van der Waals surface area contributed by atoms with Crippen molar-refractivity contribution in [2.45, 2.75) is 6.54 Å². The van der Waals surface area contributed by atoms with E-state index in [9.17, 15) is 4.79 Å². The van der Waals surface area contributed by atoms with Gasteiger partial charge in [0.15, 0.2) is 0 Å². The van der Waals surface area contributed by atoms with E-state index in [0.717, 1.165) is 11.3 Å². The van der Waals surface area contributed by atoms with Gasteiger partial charge in [-0.25, -0.2) is 0 Å². The number of para-hydroxylation sites is 2. The molecular formula is C18H16ClN3O2. The van der Waals surface area contributed by atoms with Crippen LogP contribution in [-0.2, 0) is 11.3 Å². The summed E-state index contributed by atoms with van der Waals surface area (Å²) in [5.74, 6) is 0.204. The van der Waals surface area contributed by atoms with Gasteiger partial charge in [-0.15, -0.1) is 0 Å². The van der Waals surface area contributed by atoms with Gasteiger partial charge in [0.1, 0.15) is 17.4 Å². The zero-order valence-electron chi connectivity index (χ0n) is 13.0. The van der Waals surface area contributed by atoms with Crippen LogP contribution in [0.25, 0.3) is 0 Å². The molecule has 0 heterocycles. The van der Waals surface area contributed by atoms with E-state index in [4.69, 9.17) is 21.6 Å². The van der Waals surface area contributed by atoms with Crippen molar-refractivity contribution in [2.75, 3.05) is 12.4 Å². The van der Waals surface area contributed by atoms with Crippen LogP contribution in [0.4, 0.5) is 5.69 Å². The molecule has 2 N–H and O–H groups in total. The number of nitriles is 1. The maximum absolute atomic E-state index is 12.1. The van der Waals surface area contributed by atoms with Crippen molar-refractivity contribution < 1.29 is 9.53 Å². The Hall–Kier alpha value is -2.97. The van der Waals surface area contributed by atoms with Gasteiger partial charge in [-0.05, 0) is 18.2 Å². The average molecular weight is 342 g/mol. The molecule has 0 aliphatic heterocycles. The number of nitrogens with zero attached hydrogens (tertiary/aromatic N) is 1. The fourth-order valence-electron chi connectivity index (χ4n) is 2.01. The normalized spacial score (nSPS) is 10.6. The molecule has 2 aromatic rings. The van der Waals surface area contributed by atoms with Gasteiger partial charge < -0.3 is 15.4 Å². The molecule has 0 aliphatic carbocycles. The number of nitrogens with one attached hydrogen (secondary N) is 2. The number of methoxy groups -OCH3 is 1. The van der Waals surface area contributed by atoms with Crippen molar-refractivity contribution in [3.63, 3.8) is 0 Å². The zero-order valence-corrected chi connectivity index (χ0v) is 13.8. The Kier molecular flexibility index (Phi) is 6.23. The molecule has 0 saturated carbocycles. The van der Waals surface area contributed by atoms with Gasteiger partial charge in [-0.2, -0.15) is 5.26 Å². The van der Waals surface area contributed by atoms with Crippen LogP contribution in [0, 0.1) is 11.3 Å². The molecular weight excluding hydrogens is 326 g/mol. The van der Waals surface area contributed by atoms with Crippen LogP contribution in [-0.4, -0.2) is 13.0 Å². The topological polar surface area (TPSA) is 74.1 Å². The summed E-state index contributed by atoms with van der Waals surface area (Å²) in [6.07, 6.45) is 1.37. The lowest BCUT2D eigenvalue weighted by molar-refractivity contribution is -0.112. The van der Waals surface area contributed by atoms with Crippen LogP contribution in [0.5, 0.6) is 5.75 Å². The molecule has 24 heavy (non-hydrogen) atoms. The quantitative estimate of drug-likeness (QED) is 0.623. The first kappa shape index (κ1) is 17.4. The predicted molar refractivity (Wildman–Crippen MR) is 93.6 cm³/mol. The molecule has 0 aliphatic rings. The van der Waals surface area contributed by atoms with Crippen LogP contribution < -0.4 is 15.4 Å². The van der Waals surface area contributed by atoms with Crippen molar-refractivity contribution >= 4 is 23.2 Å². The molecule has 2 rings (SSSR count). The van der Waals surface area contributed by atoms with Gasteiger partial charge >= 0.3 is 0 Å². The van der Waals surface area contributed by atoms with Gasteiger partial charge in [0.05, 0.1) is 17.8 Å². The first-order valence-electron chi connectivity index (χ1n) is 7.17. The van der Waals surface area contributed by atoms with E-state index >= 15 is 0 Å². The lowest BCUT2D eigenvalue weighted by Gasteiger charge is -2.09. The molecule has 122 valence electrons. The Balaban J connectivity index is 2.03. The van der Waals surface area contributed by atoms with E-state index in [0.29, 0.717) is 17.3 Å². The summed E-state index contributed by atoms with van der Waals surface area (Å²) in [6, 6.07) is 16.2. The molecule has 0 unspecified atom stereocenters. The zero-order chi connectivity index (χ0) is 17.4. The number of carbonyl (C=O) groups excluding carboxylic acids is 1. The fraction of sp³-hybridized carbons (Fsp3) is 0.111. The Labute approximate surface area is 145 Å². The fourth-order valence-corrected chi connectivity index (χ4v) is 2.20. The van der Waals surface area contributed by atoms with Gasteiger partial charge in [-0.1, -0.05) is 41.9 Å². The summed E-state index contributed by atoms with van der Waals surface area (Å²) < 4.78 is 5.25. The maximum Gasteiger partial charge on any atom is 0.267 e. The van der Waals surface area contributed by atoms with Gasteiger partial charge in [0.2, 0.25) is 0 Å². The highest BCUT2D eigenvalue weighted by Gasteiger charge is 2.11. The Morgan fingerprint density at radius 1 is 1.25 bits per heavy atom. The number of ether oxygens (including phenoxy) is 1. The van der Waals surface area contributed by atoms with E-state index in [1.54, 1.807) is 31.4 Å². The van der Waals surface area contributed by atoms with Crippen molar-refractivity contribution in [3.8, 4) is 11.8 Å². The van der Waals surface area contributed by atoms with Crippen molar-refractivity contribution in [1.82, 2.24) is 5.32 Å². The summed E-state index contributed by atoms with van der Waals surface area (Å²) in [7, 11) is 1.59. The third-order valence-electron chi connectivity index (χ3n) is 3.22. The molecule has 0 atom stereocenters. The lowest BCUT2D eigenvalue weighted by atomic mass is 10.2. The molecule has 2 aromatic carbocycles. The van der Waals surface area contributed by atoms with Crippen LogP contribution in [0.3, 0.4) is 0 Å². The molecule has 1 amide bonds. The molecule has 5 nitrogen and oxygen atoms in total. The third-order valence-corrected chi connectivity index (χ3v) is 3.55. The number of benzene rings is 2. The van der Waals surface area contributed by atoms with Crippen molar-refractivity contribution in [2.24, 2.45) is 0 Å². The summed E-state index contributed by atoms with van der Waals surface area (Å²) in [5, 5.41) is 15.1. The Morgan fingerprint density at radius 3 is 2.67 bits per heavy atom. The molecule has 0 fully saturated rings. The monoisotopic (exact) mass is 341 g/mol. The number of hydrogen-bond acceptors (Lipinski definition) is 4. The van der Waals surface area contributed by atoms with Crippen LogP contribution in [0.15, 0.2) is 60.3 Å². The number of halogens is 1. The van der Waals surface area contributed by atoms with Crippen molar-refractivity contribution in [3.05, 3.63) is 70.9 Å². The highest BCUT2D eigenvalue weighted by atomic mass is 35.5. The molecule has 0 bridgehead atoms. The first-order chi connectivity index (χ1) is 11.7. The van der Waals surface area contributed by atoms with Gasteiger partial charge in [0, 0.05) is 18.3 Å². The van der Waals surface area contributed by atoms with Crippen molar-refractivity contribution in [1.29, 1.82) is 5.26 Å². The number of carbonyl (C=O) groups is 1. The second-order valence-electron chi connectivity index (χ2n) is 4.80. The minimum Gasteiger partial charge on any atom is -0.496 e. The number of anilines is 1. The lowest BCUT2D eigenvalue weighted by Crippen LogP contribution is -2.17. The summed E-state index contributed by atoms with van der Waals surface area (Å²) >= 11 is 5.99. The van der Waals surface area contributed by atoms with E-state index < -0.39 is 5.91 Å². The molecule has 6 heteroatoms. The van der Waals surface area contributed by atoms with Crippen LogP contribution in [0.1, 0.15) is 5.56 Å². The first-order valence-corrected chi connectivity index (χ1v) is 7.55. The van der Waals surface area contributed by atoms with E-state index in [-0.39, 0.29) is 5.57 Å². The second-order valence-corrected chi connectivity index (χ2v) is 5.20. The number of amides is 1. The van der Waals surface area contributed by atoms with E-state index in [2.05, 4.69) is 10.6 Å². The van der Waals surface area contributed by atoms with Gasteiger partial charge in [0.25, 0.3) is 5.91 Å². The Morgan fingerprint density at radius 2 is 1.96 bits per heavy atom. The SMILES string of the molecule is COc1ccccc1CN/C=C(/C#N)C(=O)Nc1ccccc1Cl. The maximum atomic E-state index is 12.1. The van der Waals surface area contributed by atoms with Crippen LogP contribution >= 0.6 is 11.6 Å². The highest BCUT2D eigenvalue weighted by Crippen LogP contribution is 2.21. The largest absolute Gasteiger partial charge is 0.496 e. The summed E-state index contributed by atoms with van der Waals surface area (Å²) in [6.45, 7) is 0.425. The highest BCUT2D eigenvalue weighted by molar-refractivity contribution is 6.33. The second kappa shape index (κ2) is 8.61. The summed E-state index contributed by atoms with van der Waals surface area (Å²) in [4.78, 5) is 12.1. The minimum absolute atomic E-state index is 0.0511. The number of rotatable bonds is 6. The predicted octanol–water partition coefficient (Wildman–Crippen LogP) is 3.48. The molecule has 0 saturated heterocycles. The third kappa shape index (κ3) is 4.51. The molecule has 0 radical (unpaired) electrons. The molecule has 0 aromatic heterocycles. The van der Waals surface area contributed by atoms with E-state index in [1.165, 1.54) is 6.20 Å². The average Bonchev–Trinajstić information content (AvgIpc) is 2.61. The van der Waals surface area contributed by atoms with E-state index in [1.807, 2.05) is 30.3 Å².